The zero-order chi connectivity index (χ0) is 23.9. The average molecular weight is 510 g/mol. The van der Waals surface area contributed by atoms with Crippen LogP contribution in [0.5, 0.6) is 0 Å². The van der Waals surface area contributed by atoms with Gasteiger partial charge in [0.25, 0.3) is 0 Å². The molecule has 0 bridgehead atoms. The van der Waals surface area contributed by atoms with Gasteiger partial charge in [0.2, 0.25) is 0 Å². The van der Waals surface area contributed by atoms with Crippen molar-refractivity contribution in [2.75, 3.05) is 0 Å². The average Bonchev–Trinajstić information content (AvgIpc) is 3.10. The predicted octanol–water partition coefficient (Wildman–Crippen LogP) is 7.28. The zero-order valence-corrected chi connectivity index (χ0v) is 21.7. The first-order valence-corrected chi connectivity index (χ1v) is 12.2. The largest absolute Gasteiger partial charge is 0.305 e. The van der Waals surface area contributed by atoms with Crippen molar-refractivity contribution in [1.29, 1.82) is 0 Å². The Morgan fingerprint density at radius 1 is 0.559 bits per heavy atom. The number of aromatic nitrogens is 5. The quantitative estimate of drug-likeness (QED) is 0.218. The number of nitrogens with zero attached hydrogens (tertiary/aromatic N) is 5. The van der Waals surface area contributed by atoms with Crippen molar-refractivity contribution in [3.8, 4) is 5.69 Å². The van der Waals surface area contributed by atoms with Crippen molar-refractivity contribution >= 4 is 59.8 Å². The second-order valence-electron chi connectivity index (χ2n) is 9.22. The SMILES string of the molecule is Cc1ccc2c(c1)c1cc(C)ccc1n2-c1c2nc(C)c(C)nc2c(Br)c2nc(C)c(C)nc12. The first-order valence-electron chi connectivity index (χ1n) is 11.4. The van der Waals surface area contributed by atoms with Crippen LogP contribution in [0.25, 0.3) is 49.6 Å². The Balaban J connectivity index is 1.95. The van der Waals surface area contributed by atoms with Gasteiger partial charge in [-0.3, -0.25) is 0 Å². The summed E-state index contributed by atoms with van der Waals surface area (Å²) in [4.78, 5) is 20.0. The third-order valence-electron chi connectivity index (χ3n) is 6.78. The molecule has 0 N–H and O–H groups in total. The number of aryl methyl sites for hydroxylation is 6. The molecule has 0 saturated heterocycles. The van der Waals surface area contributed by atoms with E-state index in [1.807, 2.05) is 27.7 Å². The lowest BCUT2D eigenvalue weighted by atomic mass is 10.1. The summed E-state index contributed by atoms with van der Waals surface area (Å²) in [5, 5.41) is 2.44. The van der Waals surface area contributed by atoms with E-state index < -0.39 is 0 Å². The van der Waals surface area contributed by atoms with Gasteiger partial charge in [-0.25, -0.2) is 19.9 Å². The van der Waals surface area contributed by atoms with Crippen LogP contribution in [0, 0.1) is 41.5 Å². The van der Waals surface area contributed by atoms with E-state index in [1.165, 1.54) is 21.9 Å². The van der Waals surface area contributed by atoms with E-state index >= 15 is 0 Å². The van der Waals surface area contributed by atoms with Crippen LogP contribution in [0.4, 0.5) is 0 Å². The molecule has 6 heteroatoms. The van der Waals surface area contributed by atoms with Gasteiger partial charge < -0.3 is 4.57 Å². The zero-order valence-electron chi connectivity index (χ0n) is 20.1. The second-order valence-corrected chi connectivity index (χ2v) is 10.0. The Bertz CT molecular complexity index is 1700. The van der Waals surface area contributed by atoms with Crippen molar-refractivity contribution in [2.24, 2.45) is 0 Å². The fraction of sp³-hybridized carbons (Fsp3) is 0.214. The summed E-state index contributed by atoms with van der Waals surface area (Å²) in [6, 6.07) is 13.2. The monoisotopic (exact) mass is 509 g/mol. The molecule has 0 radical (unpaired) electrons. The Morgan fingerprint density at radius 2 is 0.941 bits per heavy atom. The Morgan fingerprint density at radius 3 is 1.35 bits per heavy atom. The fourth-order valence-corrected chi connectivity index (χ4v) is 5.32. The number of benzene rings is 3. The molecule has 3 aromatic heterocycles. The van der Waals surface area contributed by atoms with Crippen LogP contribution < -0.4 is 0 Å². The van der Waals surface area contributed by atoms with Crippen molar-refractivity contribution in [3.63, 3.8) is 0 Å². The molecule has 0 spiro atoms. The summed E-state index contributed by atoms with van der Waals surface area (Å²) in [6.07, 6.45) is 0. The summed E-state index contributed by atoms with van der Waals surface area (Å²) in [7, 11) is 0. The topological polar surface area (TPSA) is 56.5 Å². The number of fused-ring (bicyclic) bond motifs is 5. The molecule has 0 fully saturated rings. The summed E-state index contributed by atoms with van der Waals surface area (Å²) in [6.45, 7) is 12.3. The Kier molecular flexibility index (Phi) is 4.55. The number of halogens is 1. The molecule has 0 aliphatic heterocycles. The molecule has 6 aromatic rings. The molecule has 0 aliphatic rings. The molecular formula is C28H24BrN5. The van der Waals surface area contributed by atoms with Gasteiger partial charge in [0.15, 0.2) is 0 Å². The molecule has 5 nitrogen and oxygen atoms in total. The van der Waals surface area contributed by atoms with Crippen LogP contribution >= 0.6 is 15.9 Å². The van der Waals surface area contributed by atoms with Gasteiger partial charge >= 0.3 is 0 Å². The predicted molar refractivity (Wildman–Crippen MR) is 143 cm³/mol. The first-order chi connectivity index (χ1) is 16.2. The van der Waals surface area contributed by atoms with Gasteiger partial charge in [-0.1, -0.05) is 23.3 Å². The van der Waals surface area contributed by atoms with E-state index in [2.05, 4.69) is 70.7 Å². The smallest absolute Gasteiger partial charge is 0.117 e. The minimum Gasteiger partial charge on any atom is -0.305 e. The second kappa shape index (κ2) is 7.31. The van der Waals surface area contributed by atoms with Crippen LogP contribution in [0.1, 0.15) is 33.9 Å². The molecule has 6 rings (SSSR count). The lowest BCUT2D eigenvalue weighted by Gasteiger charge is -2.17. The Hall–Kier alpha value is -3.38. The number of hydrogen-bond acceptors (Lipinski definition) is 4. The van der Waals surface area contributed by atoms with Crippen LogP contribution in [-0.2, 0) is 0 Å². The van der Waals surface area contributed by atoms with Crippen molar-refractivity contribution in [2.45, 2.75) is 41.5 Å². The van der Waals surface area contributed by atoms with Gasteiger partial charge in [0.05, 0.1) is 38.3 Å². The third-order valence-corrected chi connectivity index (χ3v) is 7.53. The van der Waals surface area contributed by atoms with Crippen LogP contribution in [0.3, 0.4) is 0 Å². The lowest BCUT2D eigenvalue weighted by molar-refractivity contribution is 1.06. The molecule has 0 amide bonds. The Labute approximate surface area is 206 Å². The normalized spacial score (nSPS) is 12.0. The van der Waals surface area contributed by atoms with Crippen LogP contribution in [0.2, 0.25) is 0 Å². The molecule has 0 aliphatic carbocycles. The van der Waals surface area contributed by atoms with E-state index in [0.29, 0.717) is 0 Å². The van der Waals surface area contributed by atoms with Gasteiger partial charge in [-0.15, -0.1) is 0 Å². The highest BCUT2D eigenvalue weighted by atomic mass is 79.9. The highest BCUT2D eigenvalue weighted by Crippen LogP contribution is 2.40. The maximum absolute atomic E-state index is 5.06. The minimum atomic E-state index is 0.803. The molecule has 0 saturated carbocycles. The van der Waals surface area contributed by atoms with Crippen LogP contribution in [-0.4, -0.2) is 24.5 Å². The van der Waals surface area contributed by atoms with Crippen molar-refractivity contribution < 1.29 is 0 Å². The highest BCUT2D eigenvalue weighted by Gasteiger charge is 2.23. The maximum atomic E-state index is 5.06. The molecule has 0 atom stereocenters. The van der Waals surface area contributed by atoms with Gasteiger partial charge in [-0.05, 0) is 81.7 Å². The maximum Gasteiger partial charge on any atom is 0.117 e. The van der Waals surface area contributed by atoms with Gasteiger partial charge in [-0.2, -0.15) is 0 Å². The molecule has 3 aromatic carbocycles. The third kappa shape index (κ3) is 2.91. The summed E-state index contributed by atoms with van der Waals surface area (Å²) in [5.41, 5.74) is 12.5. The van der Waals surface area contributed by atoms with Gasteiger partial charge in [0.1, 0.15) is 27.8 Å². The summed E-state index contributed by atoms with van der Waals surface area (Å²) in [5.74, 6) is 0. The van der Waals surface area contributed by atoms with E-state index in [9.17, 15) is 0 Å². The van der Waals surface area contributed by atoms with E-state index in [-0.39, 0.29) is 0 Å². The van der Waals surface area contributed by atoms with E-state index in [1.54, 1.807) is 0 Å². The number of rotatable bonds is 1. The van der Waals surface area contributed by atoms with Crippen LogP contribution in [0.15, 0.2) is 40.9 Å². The summed E-state index contributed by atoms with van der Waals surface area (Å²) < 4.78 is 3.13. The molecule has 34 heavy (non-hydrogen) atoms. The summed E-state index contributed by atoms with van der Waals surface area (Å²) >= 11 is 3.80. The van der Waals surface area contributed by atoms with Crippen molar-refractivity contribution in [1.82, 2.24) is 24.5 Å². The standard InChI is InChI=1S/C28H24BrN5/c1-13-7-9-21-19(11-13)20-12-14(2)8-10-22(20)34(21)28-26-24(30-15(3)17(5)32-26)23(29)25-27(28)33-18(6)16(4)31-25/h7-12H,1-6H3. The number of hydrogen-bond donors (Lipinski definition) is 0. The molecule has 168 valence electrons. The highest BCUT2D eigenvalue weighted by molar-refractivity contribution is 9.10. The molecule has 3 heterocycles. The fourth-order valence-electron chi connectivity index (χ4n) is 4.77. The van der Waals surface area contributed by atoms with E-state index in [4.69, 9.17) is 19.9 Å². The van der Waals surface area contributed by atoms with E-state index in [0.717, 1.165) is 66.0 Å². The molecular weight excluding hydrogens is 486 g/mol. The van der Waals surface area contributed by atoms with Gasteiger partial charge in [0, 0.05) is 10.8 Å². The molecule has 0 unspecified atom stereocenters. The minimum absolute atomic E-state index is 0.803. The van der Waals surface area contributed by atoms with Crippen molar-refractivity contribution in [3.05, 3.63) is 74.8 Å². The lowest BCUT2D eigenvalue weighted by Crippen LogP contribution is -2.06. The first kappa shape index (κ1) is 21.2.